The molecule has 6 nitrogen and oxygen atoms in total. The molecule has 0 amide bonds. The van der Waals surface area contributed by atoms with E-state index in [1.165, 1.54) is 17.1 Å². The summed E-state index contributed by atoms with van der Waals surface area (Å²) >= 11 is 0. The van der Waals surface area contributed by atoms with Gasteiger partial charge in [0.05, 0.1) is 6.20 Å². The normalized spacial score (nSPS) is 21.6. The van der Waals surface area contributed by atoms with Gasteiger partial charge in [-0.1, -0.05) is 0 Å². The number of aryl methyl sites for hydroxylation is 1. The molecule has 0 saturated carbocycles. The minimum Gasteiger partial charge on any atom is -0.314 e. The molecule has 0 unspecified atom stereocenters. The Balaban J connectivity index is 2.38. The lowest BCUT2D eigenvalue weighted by Gasteiger charge is -2.41. The van der Waals surface area contributed by atoms with Crippen molar-refractivity contribution >= 4 is 10.0 Å². The third-order valence-corrected chi connectivity index (χ3v) is 5.06. The molecule has 1 N–H and O–H groups in total. The van der Waals surface area contributed by atoms with Crippen LogP contribution in [-0.4, -0.2) is 47.7 Å². The average Bonchev–Trinajstić information content (AvgIpc) is 2.64. The van der Waals surface area contributed by atoms with E-state index in [2.05, 4.69) is 10.4 Å². The fourth-order valence-corrected chi connectivity index (χ4v) is 3.84. The van der Waals surface area contributed by atoms with Gasteiger partial charge in [0.15, 0.2) is 0 Å². The van der Waals surface area contributed by atoms with Crippen molar-refractivity contribution in [2.75, 3.05) is 19.6 Å². The van der Waals surface area contributed by atoms with Crippen LogP contribution in [0.15, 0.2) is 17.3 Å². The van der Waals surface area contributed by atoms with E-state index < -0.39 is 15.6 Å². The first-order valence-corrected chi connectivity index (χ1v) is 7.00. The van der Waals surface area contributed by atoms with Gasteiger partial charge in [-0.05, 0) is 13.8 Å². The van der Waals surface area contributed by atoms with Crippen LogP contribution in [0.2, 0.25) is 0 Å². The second kappa shape index (κ2) is 4.08. The van der Waals surface area contributed by atoms with E-state index >= 15 is 0 Å². The lowest BCUT2D eigenvalue weighted by atomic mass is 10.0. The Morgan fingerprint density at radius 1 is 1.47 bits per heavy atom. The van der Waals surface area contributed by atoms with Crippen molar-refractivity contribution in [2.45, 2.75) is 24.3 Å². The van der Waals surface area contributed by atoms with Crippen LogP contribution >= 0.6 is 0 Å². The summed E-state index contributed by atoms with van der Waals surface area (Å²) in [5.74, 6) is 0. The van der Waals surface area contributed by atoms with Crippen molar-refractivity contribution in [1.29, 1.82) is 0 Å². The van der Waals surface area contributed by atoms with Crippen LogP contribution in [0, 0.1) is 0 Å². The molecule has 1 saturated heterocycles. The van der Waals surface area contributed by atoms with Gasteiger partial charge in [-0.3, -0.25) is 4.68 Å². The van der Waals surface area contributed by atoms with Crippen molar-refractivity contribution < 1.29 is 8.42 Å². The van der Waals surface area contributed by atoms with Crippen LogP contribution in [0.1, 0.15) is 13.8 Å². The van der Waals surface area contributed by atoms with E-state index in [-0.39, 0.29) is 4.90 Å². The molecule has 1 fully saturated rings. The Kier molecular flexibility index (Phi) is 3.01. The lowest BCUT2D eigenvalue weighted by molar-refractivity contribution is 0.186. The molecule has 17 heavy (non-hydrogen) atoms. The third kappa shape index (κ3) is 2.22. The molecule has 0 radical (unpaired) electrons. The molecular weight excluding hydrogens is 240 g/mol. The highest BCUT2D eigenvalue weighted by Crippen LogP contribution is 2.25. The molecule has 0 atom stereocenters. The molecule has 2 heterocycles. The Morgan fingerprint density at radius 2 is 2.18 bits per heavy atom. The maximum absolute atomic E-state index is 12.5. The Hall–Kier alpha value is -0.920. The number of nitrogens with zero attached hydrogens (tertiary/aromatic N) is 3. The Morgan fingerprint density at radius 3 is 2.71 bits per heavy atom. The van der Waals surface area contributed by atoms with E-state index in [1.54, 1.807) is 11.4 Å². The van der Waals surface area contributed by atoms with Gasteiger partial charge in [-0.25, -0.2) is 8.42 Å². The van der Waals surface area contributed by atoms with Gasteiger partial charge in [-0.2, -0.15) is 9.40 Å². The minimum absolute atomic E-state index is 0.259. The molecule has 0 spiro atoms. The monoisotopic (exact) mass is 258 g/mol. The van der Waals surface area contributed by atoms with Crippen molar-refractivity contribution in [3.8, 4) is 0 Å². The highest BCUT2D eigenvalue weighted by molar-refractivity contribution is 7.89. The molecular formula is C10H18N4O2S. The highest BCUT2D eigenvalue weighted by atomic mass is 32.2. The van der Waals surface area contributed by atoms with Gasteiger partial charge in [0.2, 0.25) is 10.0 Å². The number of nitrogens with one attached hydrogen (secondary N) is 1. The zero-order chi connectivity index (χ0) is 12.7. The SMILES string of the molecule is Cn1cc(S(=O)(=O)N2CCNCC2(C)C)cn1. The molecule has 1 aliphatic heterocycles. The first-order chi connectivity index (χ1) is 7.84. The highest BCUT2D eigenvalue weighted by Gasteiger charge is 2.39. The number of piperazine rings is 1. The first kappa shape index (κ1) is 12.5. The number of hydrogen-bond donors (Lipinski definition) is 1. The second-order valence-electron chi connectivity index (χ2n) is 4.92. The maximum Gasteiger partial charge on any atom is 0.246 e. The Bertz CT molecular complexity index is 506. The smallest absolute Gasteiger partial charge is 0.246 e. The van der Waals surface area contributed by atoms with E-state index in [4.69, 9.17) is 0 Å². The summed E-state index contributed by atoms with van der Waals surface area (Å²) in [5, 5.41) is 7.13. The van der Waals surface area contributed by atoms with Crippen LogP contribution in [0.3, 0.4) is 0 Å². The number of aromatic nitrogens is 2. The fourth-order valence-electron chi connectivity index (χ4n) is 2.07. The van der Waals surface area contributed by atoms with Crippen LogP contribution < -0.4 is 5.32 Å². The quantitative estimate of drug-likeness (QED) is 0.797. The molecule has 2 rings (SSSR count). The standard InChI is InChI=1S/C10H18N4O2S/c1-10(2)8-11-4-5-14(10)17(15,16)9-6-12-13(3)7-9/h6-7,11H,4-5,8H2,1-3H3. The Labute approximate surface area is 102 Å². The summed E-state index contributed by atoms with van der Waals surface area (Å²) in [4.78, 5) is 0.259. The molecule has 96 valence electrons. The number of rotatable bonds is 2. The van der Waals surface area contributed by atoms with Crippen LogP contribution in [-0.2, 0) is 17.1 Å². The van der Waals surface area contributed by atoms with Crippen LogP contribution in [0.25, 0.3) is 0 Å². The lowest BCUT2D eigenvalue weighted by Crippen LogP contribution is -2.59. The fraction of sp³-hybridized carbons (Fsp3) is 0.700. The molecule has 0 bridgehead atoms. The first-order valence-electron chi connectivity index (χ1n) is 5.56. The minimum atomic E-state index is -3.44. The molecule has 1 aromatic rings. The maximum atomic E-state index is 12.5. The summed E-state index contributed by atoms with van der Waals surface area (Å²) in [6, 6.07) is 0. The summed E-state index contributed by atoms with van der Waals surface area (Å²) in [5.41, 5.74) is -0.410. The van der Waals surface area contributed by atoms with E-state index in [9.17, 15) is 8.42 Å². The van der Waals surface area contributed by atoms with Gasteiger partial charge in [0.25, 0.3) is 0 Å². The largest absolute Gasteiger partial charge is 0.314 e. The molecule has 7 heteroatoms. The van der Waals surface area contributed by atoms with Crippen molar-refractivity contribution in [3.63, 3.8) is 0 Å². The molecule has 0 aliphatic carbocycles. The van der Waals surface area contributed by atoms with Gasteiger partial charge in [0.1, 0.15) is 4.90 Å². The van der Waals surface area contributed by atoms with Gasteiger partial charge < -0.3 is 5.32 Å². The number of sulfonamides is 1. The van der Waals surface area contributed by atoms with Gasteiger partial charge >= 0.3 is 0 Å². The van der Waals surface area contributed by atoms with E-state index in [0.717, 1.165) is 0 Å². The summed E-state index contributed by atoms with van der Waals surface area (Å²) in [6.07, 6.45) is 2.93. The van der Waals surface area contributed by atoms with Crippen LogP contribution in [0.5, 0.6) is 0 Å². The average molecular weight is 258 g/mol. The third-order valence-electron chi connectivity index (χ3n) is 2.99. The zero-order valence-electron chi connectivity index (χ0n) is 10.3. The number of hydrogen-bond acceptors (Lipinski definition) is 4. The molecule has 1 aromatic heterocycles. The zero-order valence-corrected chi connectivity index (χ0v) is 11.2. The predicted molar refractivity (Wildman–Crippen MR) is 64.0 cm³/mol. The van der Waals surface area contributed by atoms with E-state index in [0.29, 0.717) is 19.6 Å². The van der Waals surface area contributed by atoms with Gasteiger partial charge in [-0.15, -0.1) is 0 Å². The van der Waals surface area contributed by atoms with Gasteiger partial charge in [0, 0.05) is 38.4 Å². The predicted octanol–water partition coefficient (Wildman–Crippen LogP) is -0.207. The summed E-state index contributed by atoms with van der Waals surface area (Å²) in [6.45, 7) is 5.68. The van der Waals surface area contributed by atoms with Crippen LogP contribution in [0.4, 0.5) is 0 Å². The molecule has 1 aliphatic rings. The summed E-state index contributed by atoms with van der Waals surface area (Å²) in [7, 11) is -1.73. The summed E-state index contributed by atoms with van der Waals surface area (Å²) < 4.78 is 28.0. The molecule has 0 aromatic carbocycles. The second-order valence-corrected chi connectivity index (χ2v) is 6.78. The van der Waals surface area contributed by atoms with Crippen molar-refractivity contribution in [1.82, 2.24) is 19.4 Å². The topological polar surface area (TPSA) is 67.2 Å². The van der Waals surface area contributed by atoms with Crippen molar-refractivity contribution in [2.24, 2.45) is 7.05 Å². The van der Waals surface area contributed by atoms with E-state index in [1.807, 2.05) is 13.8 Å². The van der Waals surface area contributed by atoms with Crippen molar-refractivity contribution in [3.05, 3.63) is 12.4 Å².